The quantitative estimate of drug-likeness (QED) is 0.510. The molecule has 2 saturated carbocycles. The van der Waals surface area contributed by atoms with Crippen molar-refractivity contribution in [3.05, 3.63) is 0 Å². The van der Waals surface area contributed by atoms with Gasteiger partial charge in [-0.15, -0.1) is 0 Å². The Labute approximate surface area is 127 Å². The van der Waals surface area contributed by atoms with Crippen LogP contribution >= 0.6 is 0 Å². The standard InChI is InChI=1S/C17H28O4/c1(6-18-10-12-2-4-14-16(8-12)20-14)7-19-11-13-3-5-15-17(9-13)21-15/h12-17H,1-11H2. The summed E-state index contributed by atoms with van der Waals surface area (Å²) in [4.78, 5) is 0. The molecule has 4 fully saturated rings. The second-order valence-corrected chi connectivity index (χ2v) is 7.29. The Kier molecular flexibility index (Phi) is 4.49. The second kappa shape index (κ2) is 6.53. The van der Waals surface area contributed by atoms with Crippen LogP contribution in [0.3, 0.4) is 0 Å². The molecule has 4 heteroatoms. The highest BCUT2D eigenvalue weighted by atomic mass is 16.6. The molecule has 0 bridgehead atoms. The Bertz CT molecular complexity index is 316. The molecule has 2 aliphatic heterocycles. The lowest BCUT2D eigenvalue weighted by atomic mass is 9.90. The van der Waals surface area contributed by atoms with Gasteiger partial charge in [0, 0.05) is 26.4 Å². The van der Waals surface area contributed by atoms with Crippen molar-refractivity contribution in [1.29, 1.82) is 0 Å². The molecule has 0 aromatic heterocycles. The van der Waals surface area contributed by atoms with Gasteiger partial charge < -0.3 is 18.9 Å². The third kappa shape index (κ3) is 3.98. The average molecular weight is 296 g/mol. The van der Waals surface area contributed by atoms with Gasteiger partial charge in [-0.05, 0) is 56.8 Å². The number of hydrogen-bond donors (Lipinski definition) is 0. The molecule has 0 aromatic carbocycles. The zero-order valence-corrected chi connectivity index (χ0v) is 12.9. The van der Waals surface area contributed by atoms with E-state index in [1.165, 1.54) is 38.5 Å². The summed E-state index contributed by atoms with van der Waals surface area (Å²) in [5, 5.41) is 0. The van der Waals surface area contributed by atoms with E-state index < -0.39 is 0 Å². The van der Waals surface area contributed by atoms with E-state index in [1.54, 1.807) is 0 Å². The number of fused-ring (bicyclic) bond motifs is 2. The fourth-order valence-electron chi connectivity index (χ4n) is 4.04. The predicted molar refractivity (Wildman–Crippen MR) is 78.3 cm³/mol. The van der Waals surface area contributed by atoms with Crippen molar-refractivity contribution in [2.75, 3.05) is 26.4 Å². The van der Waals surface area contributed by atoms with Crippen molar-refractivity contribution in [3.63, 3.8) is 0 Å². The highest BCUT2D eigenvalue weighted by molar-refractivity contribution is 4.92. The largest absolute Gasteiger partial charge is 0.381 e. The van der Waals surface area contributed by atoms with Crippen LogP contribution in [0.5, 0.6) is 0 Å². The Morgan fingerprint density at radius 3 is 1.67 bits per heavy atom. The number of epoxide rings is 2. The van der Waals surface area contributed by atoms with Gasteiger partial charge in [0.05, 0.1) is 24.4 Å². The number of rotatable bonds is 8. The molecule has 0 aromatic rings. The fraction of sp³-hybridized carbons (Fsp3) is 1.00. The Morgan fingerprint density at radius 2 is 1.19 bits per heavy atom. The van der Waals surface area contributed by atoms with Crippen LogP contribution in [0.2, 0.25) is 0 Å². The maximum absolute atomic E-state index is 5.80. The van der Waals surface area contributed by atoms with Gasteiger partial charge in [0.25, 0.3) is 0 Å². The van der Waals surface area contributed by atoms with E-state index >= 15 is 0 Å². The van der Waals surface area contributed by atoms with E-state index in [1.807, 2.05) is 0 Å². The average Bonchev–Trinajstić information content (AvgIpc) is 3.39. The highest BCUT2D eigenvalue weighted by Gasteiger charge is 2.44. The van der Waals surface area contributed by atoms with E-state index in [0.29, 0.717) is 24.4 Å². The smallest absolute Gasteiger partial charge is 0.0845 e. The third-order valence-corrected chi connectivity index (χ3v) is 5.51. The van der Waals surface area contributed by atoms with Gasteiger partial charge in [-0.25, -0.2) is 0 Å². The molecule has 6 atom stereocenters. The van der Waals surface area contributed by atoms with Crippen molar-refractivity contribution in [1.82, 2.24) is 0 Å². The minimum absolute atomic E-state index is 0.571. The first kappa shape index (κ1) is 14.4. The first-order valence-electron chi connectivity index (χ1n) is 8.85. The Balaban J connectivity index is 0.981. The van der Waals surface area contributed by atoms with Crippen LogP contribution in [0.4, 0.5) is 0 Å². The number of ether oxygens (including phenoxy) is 4. The maximum atomic E-state index is 5.80. The lowest BCUT2D eigenvalue weighted by Gasteiger charge is -2.19. The summed E-state index contributed by atoms with van der Waals surface area (Å²) in [6.45, 7) is 3.50. The van der Waals surface area contributed by atoms with Gasteiger partial charge in [0.1, 0.15) is 0 Å². The zero-order chi connectivity index (χ0) is 14.1. The van der Waals surface area contributed by atoms with Gasteiger partial charge in [0.2, 0.25) is 0 Å². The Morgan fingerprint density at radius 1 is 0.667 bits per heavy atom. The van der Waals surface area contributed by atoms with Crippen LogP contribution in [0, 0.1) is 11.8 Å². The van der Waals surface area contributed by atoms with Crippen LogP contribution in [0.15, 0.2) is 0 Å². The van der Waals surface area contributed by atoms with Crippen LogP contribution < -0.4 is 0 Å². The third-order valence-electron chi connectivity index (χ3n) is 5.51. The molecule has 4 rings (SSSR count). The molecule has 0 radical (unpaired) electrons. The first-order valence-corrected chi connectivity index (χ1v) is 8.85. The molecule has 6 unspecified atom stereocenters. The molecular formula is C17H28O4. The summed E-state index contributed by atoms with van der Waals surface area (Å²) < 4.78 is 22.7. The maximum Gasteiger partial charge on any atom is 0.0845 e. The molecule has 2 aliphatic carbocycles. The fourth-order valence-corrected chi connectivity index (χ4v) is 4.04. The zero-order valence-electron chi connectivity index (χ0n) is 12.9. The molecule has 0 amide bonds. The molecular weight excluding hydrogens is 268 g/mol. The molecule has 4 nitrogen and oxygen atoms in total. The molecule has 2 heterocycles. The molecule has 2 saturated heterocycles. The minimum Gasteiger partial charge on any atom is -0.381 e. The van der Waals surface area contributed by atoms with Crippen LogP contribution in [-0.2, 0) is 18.9 Å². The lowest BCUT2D eigenvalue weighted by molar-refractivity contribution is 0.0465. The van der Waals surface area contributed by atoms with Gasteiger partial charge in [0.15, 0.2) is 0 Å². The normalized spacial score (nSPS) is 44.0. The monoisotopic (exact) mass is 296 g/mol. The lowest BCUT2D eigenvalue weighted by Crippen LogP contribution is -2.20. The highest BCUT2D eigenvalue weighted by Crippen LogP contribution is 2.40. The van der Waals surface area contributed by atoms with Crippen molar-refractivity contribution in [2.24, 2.45) is 11.8 Å². The van der Waals surface area contributed by atoms with Crippen molar-refractivity contribution in [2.45, 2.75) is 69.4 Å². The second-order valence-electron chi connectivity index (χ2n) is 7.29. The molecule has 21 heavy (non-hydrogen) atoms. The summed E-state index contributed by atoms with van der Waals surface area (Å²) in [6, 6.07) is 0. The van der Waals surface area contributed by atoms with Crippen LogP contribution in [0.1, 0.15) is 44.9 Å². The summed E-state index contributed by atoms with van der Waals surface area (Å²) in [7, 11) is 0. The van der Waals surface area contributed by atoms with Crippen molar-refractivity contribution < 1.29 is 18.9 Å². The molecule has 120 valence electrons. The van der Waals surface area contributed by atoms with Gasteiger partial charge >= 0.3 is 0 Å². The summed E-state index contributed by atoms with van der Waals surface area (Å²) in [6.07, 6.45) is 10.8. The minimum atomic E-state index is 0.571. The van der Waals surface area contributed by atoms with Crippen LogP contribution in [-0.4, -0.2) is 50.8 Å². The van der Waals surface area contributed by atoms with E-state index in [4.69, 9.17) is 18.9 Å². The topological polar surface area (TPSA) is 43.5 Å². The predicted octanol–water partition coefficient (Wildman–Crippen LogP) is 2.54. The van der Waals surface area contributed by atoms with Crippen LogP contribution in [0.25, 0.3) is 0 Å². The number of hydrogen-bond acceptors (Lipinski definition) is 4. The van der Waals surface area contributed by atoms with Crippen molar-refractivity contribution >= 4 is 0 Å². The van der Waals surface area contributed by atoms with E-state index in [-0.39, 0.29) is 0 Å². The first-order chi connectivity index (χ1) is 10.4. The Hall–Kier alpha value is -0.160. The summed E-state index contributed by atoms with van der Waals surface area (Å²) in [5.74, 6) is 1.45. The van der Waals surface area contributed by atoms with E-state index in [2.05, 4.69) is 0 Å². The molecule has 0 spiro atoms. The SMILES string of the molecule is C(COCC1CCC2OC2C1)COCC1CCC2OC2C1. The van der Waals surface area contributed by atoms with E-state index in [0.717, 1.165) is 44.7 Å². The van der Waals surface area contributed by atoms with E-state index in [9.17, 15) is 0 Å². The van der Waals surface area contributed by atoms with Gasteiger partial charge in [-0.2, -0.15) is 0 Å². The van der Waals surface area contributed by atoms with Gasteiger partial charge in [-0.3, -0.25) is 0 Å². The van der Waals surface area contributed by atoms with Gasteiger partial charge in [-0.1, -0.05) is 0 Å². The molecule has 0 N–H and O–H groups in total. The summed E-state index contributed by atoms with van der Waals surface area (Å²) in [5.41, 5.74) is 0. The van der Waals surface area contributed by atoms with Crippen molar-refractivity contribution in [3.8, 4) is 0 Å². The molecule has 4 aliphatic rings. The summed E-state index contributed by atoms with van der Waals surface area (Å²) >= 11 is 0.